The Balaban J connectivity index is 1.32. The summed E-state index contributed by atoms with van der Waals surface area (Å²) in [6.07, 6.45) is 18.8. The van der Waals surface area contributed by atoms with Crippen LogP contribution in [0.15, 0.2) is 78.5 Å². The zero-order valence-electron chi connectivity index (χ0n) is 18.5. The van der Waals surface area contributed by atoms with E-state index < -0.39 is 0 Å². The highest BCUT2D eigenvalue weighted by molar-refractivity contribution is 5.88. The number of aromatic nitrogens is 2. The Bertz CT molecular complexity index is 1130. The van der Waals surface area contributed by atoms with E-state index in [0.29, 0.717) is 5.92 Å². The number of nitrogens with one attached hydrogen (secondary N) is 1. The van der Waals surface area contributed by atoms with Gasteiger partial charge in [0.2, 0.25) is 5.91 Å². The molecule has 0 saturated heterocycles. The Labute approximate surface area is 189 Å². The molecule has 0 radical (unpaired) electrons. The summed E-state index contributed by atoms with van der Waals surface area (Å²) < 4.78 is 8.22. The van der Waals surface area contributed by atoms with Crippen molar-refractivity contribution in [3.05, 3.63) is 95.3 Å². The van der Waals surface area contributed by atoms with Crippen LogP contribution in [0.5, 0.6) is 0 Å². The zero-order chi connectivity index (χ0) is 21.9. The highest BCUT2D eigenvalue weighted by atomic mass is 16.5. The molecule has 5 rings (SSSR count). The van der Waals surface area contributed by atoms with E-state index in [2.05, 4.69) is 46.7 Å². The Hall–Kier alpha value is -3.34. The molecule has 0 bridgehead atoms. The van der Waals surface area contributed by atoms with Crippen LogP contribution in [-0.2, 0) is 16.0 Å². The molecule has 1 heterocycles. The summed E-state index contributed by atoms with van der Waals surface area (Å²) in [6.45, 7) is 2.71. The Morgan fingerprint density at radius 1 is 1.28 bits per heavy atom. The molecule has 1 atom stereocenters. The van der Waals surface area contributed by atoms with Gasteiger partial charge < -0.3 is 14.6 Å². The molecule has 2 aromatic rings. The first-order valence-electron chi connectivity index (χ1n) is 11.5. The molecule has 1 unspecified atom stereocenters. The summed E-state index contributed by atoms with van der Waals surface area (Å²) in [4.78, 5) is 17.0. The van der Waals surface area contributed by atoms with Crippen molar-refractivity contribution in [1.82, 2.24) is 14.9 Å². The molecule has 164 valence electrons. The van der Waals surface area contributed by atoms with Crippen molar-refractivity contribution in [3.8, 4) is 0 Å². The summed E-state index contributed by atoms with van der Waals surface area (Å²) in [5, 5.41) is 3.16. The first kappa shape index (κ1) is 20.6. The van der Waals surface area contributed by atoms with E-state index in [-0.39, 0.29) is 11.9 Å². The lowest BCUT2D eigenvalue weighted by molar-refractivity contribution is -0.117. The van der Waals surface area contributed by atoms with Crippen LogP contribution in [0.25, 0.3) is 5.70 Å². The van der Waals surface area contributed by atoms with Gasteiger partial charge in [-0.15, -0.1) is 0 Å². The number of nitrogens with zero attached hydrogens (tertiary/aromatic N) is 2. The number of hydrogen-bond acceptors (Lipinski definition) is 3. The van der Waals surface area contributed by atoms with E-state index in [4.69, 9.17) is 4.74 Å². The molecule has 0 spiro atoms. The second-order valence-corrected chi connectivity index (χ2v) is 8.88. The van der Waals surface area contributed by atoms with Gasteiger partial charge in [-0.25, -0.2) is 4.98 Å². The number of aryl methyl sites for hydroxylation is 2. The van der Waals surface area contributed by atoms with Crippen LogP contribution < -0.4 is 5.32 Å². The topological polar surface area (TPSA) is 56.1 Å². The van der Waals surface area contributed by atoms with Crippen LogP contribution >= 0.6 is 0 Å². The smallest absolute Gasteiger partial charge is 0.244 e. The van der Waals surface area contributed by atoms with Gasteiger partial charge in [0.15, 0.2) is 0 Å². The third-order valence-corrected chi connectivity index (χ3v) is 6.26. The second kappa shape index (κ2) is 9.03. The lowest BCUT2D eigenvalue weighted by atomic mass is 10.1. The molecular weight excluding hydrogens is 398 g/mol. The van der Waals surface area contributed by atoms with E-state index in [0.717, 1.165) is 48.6 Å². The molecule has 1 amide bonds. The fourth-order valence-corrected chi connectivity index (χ4v) is 4.29. The molecule has 5 heteroatoms. The number of carbonyl (C=O) groups excluding carboxylic acids is 1. The number of amides is 1. The molecule has 32 heavy (non-hydrogen) atoms. The average molecular weight is 428 g/mol. The number of imidazole rings is 1. The summed E-state index contributed by atoms with van der Waals surface area (Å²) >= 11 is 0. The van der Waals surface area contributed by atoms with E-state index in [9.17, 15) is 4.79 Å². The Morgan fingerprint density at radius 3 is 2.97 bits per heavy atom. The molecule has 1 aromatic heterocycles. The minimum Gasteiger partial charge on any atom is -0.491 e. The van der Waals surface area contributed by atoms with E-state index in [1.807, 2.05) is 36.2 Å². The van der Waals surface area contributed by atoms with Gasteiger partial charge in [0, 0.05) is 12.3 Å². The minimum absolute atomic E-state index is 0.0595. The van der Waals surface area contributed by atoms with Gasteiger partial charge in [-0.3, -0.25) is 4.79 Å². The molecule has 3 aliphatic carbocycles. The van der Waals surface area contributed by atoms with Crippen molar-refractivity contribution < 1.29 is 9.53 Å². The van der Waals surface area contributed by atoms with E-state index in [1.54, 1.807) is 6.08 Å². The predicted octanol–water partition coefficient (Wildman–Crippen LogP) is 5.03. The maximum Gasteiger partial charge on any atom is 0.244 e. The summed E-state index contributed by atoms with van der Waals surface area (Å²) in [6, 6.07) is 8.46. The van der Waals surface area contributed by atoms with Gasteiger partial charge in [0.25, 0.3) is 0 Å². The predicted molar refractivity (Wildman–Crippen MR) is 125 cm³/mol. The first-order valence-corrected chi connectivity index (χ1v) is 11.5. The quantitative estimate of drug-likeness (QED) is 0.631. The maximum atomic E-state index is 12.6. The summed E-state index contributed by atoms with van der Waals surface area (Å²) in [5.74, 6) is 1.43. The monoisotopic (exact) mass is 427 g/mol. The second-order valence-electron chi connectivity index (χ2n) is 8.88. The lowest BCUT2D eigenvalue weighted by Crippen LogP contribution is -2.25. The van der Waals surface area contributed by atoms with Gasteiger partial charge in [-0.1, -0.05) is 36.4 Å². The van der Waals surface area contributed by atoms with Crippen LogP contribution in [0.4, 0.5) is 0 Å². The zero-order valence-corrected chi connectivity index (χ0v) is 18.5. The van der Waals surface area contributed by atoms with Gasteiger partial charge in [0.05, 0.1) is 30.4 Å². The van der Waals surface area contributed by atoms with Crippen LogP contribution in [-0.4, -0.2) is 22.1 Å². The molecule has 0 aliphatic heterocycles. The summed E-state index contributed by atoms with van der Waals surface area (Å²) in [5.41, 5.74) is 5.56. The molecule has 5 nitrogen and oxygen atoms in total. The van der Waals surface area contributed by atoms with Crippen LogP contribution in [0, 0.1) is 12.8 Å². The number of hydrogen-bond donors (Lipinski definition) is 1. The fourth-order valence-electron chi connectivity index (χ4n) is 4.29. The van der Waals surface area contributed by atoms with Gasteiger partial charge in [-0.05, 0) is 73.8 Å². The molecule has 1 N–H and O–H groups in total. The van der Waals surface area contributed by atoms with Gasteiger partial charge in [0.1, 0.15) is 5.76 Å². The number of benzene rings is 1. The van der Waals surface area contributed by atoms with Crippen molar-refractivity contribution in [2.24, 2.45) is 5.92 Å². The maximum absolute atomic E-state index is 12.6. The highest BCUT2D eigenvalue weighted by Gasteiger charge is 2.24. The summed E-state index contributed by atoms with van der Waals surface area (Å²) in [7, 11) is 0. The van der Waals surface area contributed by atoms with E-state index in [1.165, 1.54) is 24.0 Å². The number of carbonyl (C=O) groups is 1. The standard InChI is InChI=1S/C27H29N3O2/c1-19-16-30(18-28-19)25-8-4-5-20(15-26(25)32-17-21-9-10-21)11-14-27(31)29-24-13-12-22-6-2-3-7-23(22)24/h2-4,6-8,11,14-16,18,21,24H,5,9-10,12-13,17H2,1H3,(H,29,31)/b14-11+. The number of rotatable bonds is 7. The van der Waals surface area contributed by atoms with Crippen molar-refractivity contribution >= 4 is 11.6 Å². The van der Waals surface area contributed by atoms with Gasteiger partial charge in [-0.2, -0.15) is 0 Å². The number of allylic oxidation sites excluding steroid dienone is 6. The van der Waals surface area contributed by atoms with Crippen LogP contribution in [0.2, 0.25) is 0 Å². The lowest BCUT2D eigenvalue weighted by Gasteiger charge is -2.13. The largest absolute Gasteiger partial charge is 0.491 e. The molecule has 1 fully saturated rings. The van der Waals surface area contributed by atoms with Crippen molar-refractivity contribution in [2.75, 3.05) is 6.61 Å². The SMILES string of the molecule is Cc1cn(C2=C(OCC3CC3)C=C(/C=C/C(=O)NC3CCc4ccccc43)CC=C2)cn1. The van der Waals surface area contributed by atoms with E-state index >= 15 is 0 Å². The normalized spacial score (nSPS) is 20.3. The van der Waals surface area contributed by atoms with Gasteiger partial charge >= 0.3 is 0 Å². The highest BCUT2D eigenvalue weighted by Crippen LogP contribution is 2.32. The van der Waals surface area contributed by atoms with Crippen LogP contribution in [0.3, 0.4) is 0 Å². The number of ether oxygens (including phenoxy) is 1. The minimum atomic E-state index is -0.0595. The molecule has 1 aromatic carbocycles. The first-order chi connectivity index (χ1) is 15.7. The number of fused-ring (bicyclic) bond motifs is 1. The molecule has 3 aliphatic rings. The van der Waals surface area contributed by atoms with Crippen molar-refractivity contribution in [2.45, 2.75) is 45.1 Å². The van der Waals surface area contributed by atoms with Crippen LogP contribution in [0.1, 0.15) is 48.5 Å². The third kappa shape index (κ3) is 4.77. The average Bonchev–Trinajstić information content (AvgIpc) is 3.46. The molecular formula is C27H29N3O2. The van der Waals surface area contributed by atoms with Crippen molar-refractivity contribution in [3.63, 3.8) is 0 Å². The molecule has 1 saturated carbocycles. The Kier molecular flexibility index (Phi) is 5.80. The fraction of sp³-hybridized carbons (Fsp3) is 0.333. The van der Waals surface area contributed by atoms with Crippen molar-refractivity contribution in [1.29, 1.82) is 0 Å². The third-order valence-electron chi connectivity index (χ3n) is 6.26. The Morgan fingerprint density at radius 2 is 2.16 bits per heavy atom.